The van der Waals surface area contributed by atoms with Crippen LogP contribution in [0.4, 0.5) is 5.69 Å². The van der Waals surface area contributed by atoms with E-state index < -0.39 is 22.0 Å². The number of ether oxygens (including phenoxy) is 1. The Kier molecular flexibility index (Phi) is 6.64. The molecule has 0 unspecified atom stereocenters. The zero-order valence-corrected chi connectivity index (χ0v) is 16.7. The number of anilines is 1. The van der Waals surface area contributed by atoms with Crippen LogP contribution in [0.3, 0.4) is 0 Å². The smallest absolute Gasteiger partial charge is 0.243 e. The highest BCUT2D eigenvalue weighted by molar-refractivity contribution is 7.89. The molecule has 0 saturated heterocycles. The van der Waals surface area contributed by atoms with Gasteiger partial charge in [-0.3, -0.25) is 4.79 Å². The second-order valence-electron chi connectivity index (χ2n) is 6.37. The minimum Gasteiger partial charge on any atom is -0.495 e. The lowest BCUT2D eigenvalue weighted by Gasteiger charge is -2.19. The van der Waals surface area contributed by atoms with Crippen molar-refractivity contribution in [3.05, 3.63) is 90.5 Å². The van der Waals surface area contributed by atoms with Gasteiger partial charge in [0, 0.05) is 0 Å². The summed E-state index contributed by atoms with van der Waals surface area (Å²) >= 11 is 0. The molecule has 1 amide bonds. The largest absolute Gasteiger partial charge is 0.495 e. The molecule has 0 bridgehead atoms. The van der Waals surface area contributed by atoms with Gasteiger partial charge >= 0.3 is 0 Å². The predicted molar refractivity (Wildman–Crippen MR) is 112 cm³/mol. The molecule has 2 N–H and O–H groups in total. The van der Waals surface area contributed by atoms with Crippen molar-refractivity contribution in [1.29, 1.82) is 0 Å². The van der Waals surface area contributed by atoms with Gasteiger partial charge in [-0.15, -0.1) is 0 Å². The van der Waals surface area contributed by atoms with Crippen LogP contribution >= 0.6 is 0 Å². The van der Waals surface area contributed by atoms with Gasteiger partial charge in [-0.1, -0.05) is 60.7 Å². The summed E-state index contributed by atoms with van der Waals surface area (Å²) < 4.78 is 33.4. The van der Waals surface area contributed by atoms with Crippen molar-refractivity contribution in [2.45, 2.75) is 17.4 Å². The number of hydrogen-bond donors (Lipinski definition) is 2. The summed E-state index contributed by atoms with van der Waals surface area (Å²) in [6.07, 6.45) is 0.202. The highest BCUT2D eigenvalue weighted by Crippen LogP contribution is 2.23. The molecule has 0 aromatic heterocycles. The van der Waals surface area contributed by atoms with E-state index in [9.17, 15) is 13.2 Å². The molecular formula is C22H22N2O4S. The van der Waals surface area contributed by atoms with Crippen LogP contribution in [0.25, 0.3) is 0 Å². The first kappa shape index (κ1) is 20.6. The van der Waals surface area contributed by atoms with Gasteiger partial charge in [0.2, 0.25) is 15.9 Å². The van der Waals surface area contributed by atoms with Crippen molar-refractivity contribution in [2.75, 3.05) is 12.4 Å². The molecule has 0 fully saturated rings. The molecule has 0 aliphatic heterocycles. The lowest BCUT2D eigenvalue weighted by Crippen LogP contribution is -2.45. The van der Waals surface area contributed by atoms with E-state index in [-0.39, 0.29) is 11.3 Å². The molecule has 0 radical (unpaired) electrons. The van der Waals surface area contributed by atoms with Gasteiger partial charge in [-0.05, 0) is 36.2 Å². The molecule has 0 spiro atoms. The third-order valence-corrected chi connectivity index (χ3v) is 5.80. The van der Waals surface area contributed by atoms with Gasteiger partial charge in [0.15, 0.2) is 0 Å². The number of rotatable bonds is 8. The molecule has 0 aliphatic carbocycles. The van der Waals surface area contributed by atoms with Crippen LogP contribution in [0.15, 0.2) is 89.8 Å². The van der Waals surface area contributed by atoms with Crippen molar-refractivity contribution >= 4 is 21.6 Å². The van der Waals surface area contributed by atoms with Gasteiger partial charge in [-0.2, -0.15) is 4.72 Å². The maximum absolute atomic E-state index is 13.0. The second kappa shape index (κ2) is 9.36. The van der Waals surface area contributed by atoms with Crippen LogP contribution in [-0.2, 0) is 21.2 Å². The first-order valence-electron chi connectivity index (χ1n) is 9.05. The first-order chi connectivity index (χ1) is 14.0. The molecule has 3 rings (SSSR count). The Balaban J connectivity index is 1.87. The summed E-state index contributed by atoms with van der Waals surface area (Å²) in [5, 5.41) is 2.76. The third kappa shape index (κ3) is 5.43. The van der Waals surface area contributed by atoms with Gasteiger partial charge < -0.3 is 10.1 Å². The lowest BCUT2D eigenvalue weighted by atomic mass is 10.1. The van der Waals surface area contributed by atoms with Crippen LogP contribution in [0.5, 0.6) is 5.75 Å². The molecular weight excluding hydrogens is 388 g/mol. The Morgan fingerprint density at radius 1 is 0.897 bits per heavy atom. The van der Waals surface area contributed by atoms with Crippen LogP contribution in [0, 0.1) is 0 Å². The lowest BCUT2D eigenvalue weighted by molar-refractivity contribution is -0.117. The number of carbonyl (C=O) groups is 1. The fourth-order valence-corrected chi connectivity index (χ4v) is 4.08. The van der Waals surface area contributed by atoms with Crippen LogP contribution in [0.2, 0.25) is 0 Å². The standard InChI is InChI=1S/C22H22N2O4S/c1-28-21-15-9-8-14-19(21)23-22(25)20(16-17-10-4-2-5-11-17)24-29(26,27)18-12-6-3-7-13-18/h2-15,20,24H,16H2,1H3,(H,23,25)/t20-/m1/s1. The van der Waals surface area contributed by atoms with Crippen LogP contribution in [0.1, 0.15) is 5.56 Å². The number of para-hydroxylation sites is 2. The van der Waals surface area contributed by atoms with Gasteiger partial charge in [0.25, 0.3) is 0 Å². The fourth-order valence-electron chi connectivity index (χ4n) is 2.86. The number of benzene rings is 3. The van der Waals surface area contributed by atoms with Gasteiger partial charge in [-0.25, -0.2) is 8.42 Å². The minimum atomic E-state index is -3.87. The molecule has 1 atom stereocenters. The summed E-state index contributed by atoms with van der Waals surface area (Å²) in [5.74, 6) is 0.0167. The molecule has 0 saturated carbocycles. The Bertz CT molecular complexity index is 1050. The van der Waals surface area contributed by atoms with E-state index >= 15 is 0 Å². The molecule has 7 heteroatoms. The molecule has 0 heterocycles. The molecule has 0 aliphatic rings. The molecule has 6 nitrogen and oxygen atoms in total. The minimum absolute atomic E-state index is 0.100. The number of nitrogens with one attached hydrogen (secondary N) is 2. The maximum atomic E-state index is 13.0. The van der Waals surface area contributed by atoms with Crippen molar-refractivity contribution in [2.24, 2.45) is 0 Å². The van der Waals surface area contributed by atoms with E-state index in [1.807, 2.05) is 30.3 Å². The maximum Gasteiger partial charge on any atom is 0.243 e. The summed E-state index contributed by atoms with van der Waals surface area (Å²) in [6.45, 7) is 0. The van der Waals surface area contributed by atoms with Crippen molar-refractivity contribution in [1.82, 2.24) is 4.72 Å². The normalized spacial score (nSPS) is 12.2. The Hall–Kier alpha value is -3.16. The Morgan fingerprint density at radius 2 is 1.48 bits per heavy atom. The number of carbonyl (C=O) groups excluding carboxylic acids is 1. The molecule has 150 valence electrons. The van der Waals surface area contributed by atoms with Gasteiger partial charge in [0.1, 0.15) is 11.8 Å². The highest BCUT2D eigenvalue weighted by Gasteiger charge is 2.26. The topological polar surface area (TPSA) is 84.5 Å². The quantitative estimate of drug-likeness (QED) is 0.597. The molecule has 3 aromatic rings. The third-order valence-electron chi connectivity index (χ3n) is 4.31. The van der Waals surface area contributed by atoms with Crippen molar-refractivity contribution in [3.8, 4) is 5.75 Å². The number of amides is 1. The summed E-state index contributed by atoms with van der Waals surface area (Å²) in [5.41, 5.74) is 1.31. The second-order valence-corrected chi connectivity index (χ2v) is 8.08. The average molecular weight is 410 g/mol. The first-order valence-corrected chi connectivity index (χ1v) is 10.5. The predicted octanol–water partition coefficient (Wildman–Crippen LogP) is 3.22. The molecule has 3 aromatic carbocycles. The summed E-state index contributed by atoms with van der Waals surface area (Å²) in [6, 6.07) is 23.2. The van der Waals surface area contributed by atoms with Gasteiger partial charge in [0.05, 0.1) is 17.7 Å². The van der Waals surface area contributed by atoms with E-state index in [4.69, 9.17) is 4.74 Å². The fraction of sp³-hybridized carbons (Fsp3) is 0.136. The zero-order valence-electron chi connectivity index (χ0n) is 15.9. The number of methoxy groups -OCH3 is 1. The summed E-state index contributed by atoms with van der Waals surface area (Å²) in [7, 11) is -2.37. The van der Waals surface area contributed by atoms with Crippen molar-refractivity contribution in [3.63, 3.8) is 0 Å². The van der Waals surface area contributed by atoms with Crippen molar-refractivity contribution < 1.29 is 17.9 Å². The monoisotopic (exact) mass is 410 g/mol. The van der Waals surface area contributed by atoms with Crippen LogP contribution < -0.4 is 14.8 Å². The number of sulfonamides is 1. The van der Waals surface area contributed by atoms with E-state index in [0.717, 1.165) is 5.56 Å². The summed E-state index contributed by atoms with van der Waals surface area (Å²) in [4.78, 5) is 13.1. The zero-order chi connectivity index (χ0) is 20.7. The van der Waals surface area contributed by atoms with E-state index in [0.29, 0.717) is 11.4 Å². The van der Waals surface area contributed by atoms with E-state index in [1.165, 1.54) is 19.2 Å². The SMILES string of the molecule is COc1ccccc1NC(=O)[C@@H](Cc1ccccc1)NS(=O)(=O)c1ccccc1. The average Bonchev–Trinajstić information content (AvgIpc) is 2.75. The van der Waals surface area contributed by atoms with Crippen LogP contribution in [-0.4, -0.2) is 27.5 Å². The Morgan fingerprint density at radius 3 is 2.14 bits per heavy atom. The number of hydrogen-bond acceptors (Lipinski definition) is 4. The highest BCUT2D eigenvalue weighted by atomic mass is 32.2. The van der Waals surface area contributed by atoms with E-state index in [1.54, 1.807) is 42.5 Å². The van der Waals surface area contributed by atoms with E-state index in [2.05, 4.69) is 10.0 Å². The molecule has 29 heavy (non-hydrogen) atoms. The Labute approximate surface area is 170 Å².